The van der Waals surface area contributed by atoms with Crippen LogP contribution in [0.2, 0.25) is 0 Å². The highest BCUT2D eigenvalue weighted by molar-refractivity contribution is 6.15. The second kappa shape index (κ2) is 7.31. The third-order valence-electron chi connectivity index (χ3n) is 4.31. The minimum atomic E-state index is -1.26. The van der Waals surface area contributed by atoms with E-state index in [4.69, 9.17) is 14.2 Å². The quantitative estimate of drug-likeness (QED) is 0.394. The highest BCUT2D eigenvalue weighted by Gasteiger charge is 2.38. The molecule has 146 valence electrons. The van der Waals surface area contributed by atoms with Crippen molar-refractivity contribution in [3.8, 4) is 11.5 Å². The van der Waals surface area contributed by atoms with Gasteiger partial charge in [0, 0.05) is 25.7 Å². The summed E-state index contributed by atoms with van der Waals surface area (Å²) >= 11 is 0. The summed E-state index contributed by atoms with van der Waals surface area (Å²) in [7, 11) is 0. The first kappa shape index (κ1) is 18.6. The van der Waals surface area contributed by atoms with Crippen LogP contribution >= 0.6 is 0 Å². The highest BCUT2D eigenvalue weighted by atomic mass is 16.7. The van der Waals surface area contributed by atoms with Crippen molar-refractivity contribution in [2.45, 2.75) is 19.6 Å². The van der Waals surface area contributed by atoms with Gasteiger partial charge in [-0.25, -0.2) is 9.59 Å². The Morgan fingerprint density at radius 3 is 2.14 bits per heavy atom. The molecule has 29 heavy (non-hydrogen) atoms. The van der Waals surface area contributed by atoms with Crippen molar-refractivity contribution in [2.24, 2.45) is 0 Å². The molecule has 0 aromatic heterocycles. The largest absolute Gasteiger partial charge is 0.457 e. The van der Waals surface area contributed by atoms with E-state index in [2.05, 4.69) is 5.32 Å². The molecule has 1 aliphatic heterocycles. The van der Waals surface area contributed by atoms with Crippen molar-refractivity contribution in [3.05, 3.63) is 78.5 Å². The number of anilines is 1. The van der Waals surface area contributed by atoms with E-state index in [1.165, 1.54) is 20.0 Å². The molecular formula is C23H19NO5. The topological polar surface area (TPSA) is 73.9 Å². The molecule has 0 atom stereocenters. The van der Waals surface area contributed by atoms with Gasteiger partial charge in [-0.2, -0.15) is 0 Å². The minimum absolute atomic E-state index is 0.194. The molecule has 1 aliphatic rings. The van der Waals surface area contributed by atoms with Gasteiger partial charge in [0.15, 0.2) is 5.57 Å². The van der Waals surface area contributed by atoms with Crippen molar-refractivity contribution >= 4 is 28.4 Å². The SMILES string of the molecule is CC1(C)OC(=O)C(=CNc2ccc(Oc3ccc4ccccc4c3)cc2)C(=O)O1. The molecule has 0 saturated carbocycles. The van der Waals surface area contributed by atoms with E-state index >= 15 is 0 Å². The molecule has 0 amide bonds. The molecule has 1 saturated heterocycles. The van der Waals surface area contributed by atoms with Crippen molar-refractivity contribution in [1.82, 2.24) is 0 Å². The van der Waals surface area contributed by atoms with E-state index in [0.29, 0.717) is 11.4 Å². The highest BCUT2D eigenvalue weighted by Crippen LogP contribution is 2.27. The number of ether oxygens (including phenoxy) is 3. The van der Waals surface area contributed by atoms with Crippen molar-refractivity contribution < 1.29 is 23.8 Å². The normalized spacial score (nSPS) is 15.4. The molecule has 1 N–H and O–H groups in total. The van der Waals surface area contributed by atoms with E-state index in [-0.39, 0.29) is 5.57 Å². The molecule has 3 aromatic carbocycles. The number of carbonyl (C=O) groups excluding carboxylic acids is 2. The number of fused-ring (bicyclic) bond motifs is 1. The third kappa shape index (κ3) is 4.21. The Morgan fingerprint density at radius 1 is 0.828 bits per heavy atom. The monoisotopic (exact) mass is 389 g/mol. The van der Waals surface area contributed by atoms with Crippen molar-refractivity contribution in [1.29, 1.82) is 0 Å². The summed E-state index contributed by atoms with van der Waals surface area (Å²) in [6.45, 7) is 3.00. The average Bonchev–Trinajstić information content (AvgIpc) is 2.67. The van der Waals surface area contributed by atoms with E-state index in [9.17, 15) is 9.59 Å². The van der Waals surface area contributed by atoms with Crippen LogP contribution in [0, 0.1) is 0 Å². The van der Waals surface area contributed by atoms with E-state index in [0.717, 1.165) is 16.5 Å². The van der Waals surface area contributed by atoms with Gasteiger partial charge >= 0.3 is 11.9 Å². The Morgan fingerprint density at radius 2 is 1.45 bits per heavy atom. The fourth-order valence-corrected chi connectivity index (χ4v) is 2.92. The molecule has 3 aromatic rings. The lowest BCUT2D eigenvalue weighted by Crippen LogP contribution is -2.42. The van der Waals surface area contributed by atoms with Crippen LogP contribution in [-0.2, 0) is 19.1 Å². The number of benzene rings is 3. The fraction of sp³-hybridized carbons (Fsp3) is 0.130. The first-order valence-electron chi connectivity index (χ1n) is 9.10. The second-order valence-electron chi connectivity index (χ2n) is 7.02. The first-order valence-corrected chi connectivity index (χ1v) is 9.10. The molecule has 0 aliphatic carbocycles. The molecule has 0 unspecified atom stereocenters. The lowest BCUT2D eigenvalue weighted by atomic mass is 10.1. The van der Waals surface area contributed by atoms with Crippen LogP contribution in [0.15, 0.2) is 78.5 Å². The number of hydrogen-bond acceptors (Lipinski definition) is 6. The fourth-order valence-electron chi connectivity index (χ4n) is 2.92. The molecular weight excluding hydrogens is 370 g/mol. The minimum Gasteiger partial charge on any atom is -0.457 e. The van der Waals surface area contributed by atoms with Gasteiger partial charge in [-0.05, 0) is 47.2 Å². The van der Waals surface area contributed by atoms with Crippen LogP contribution in [0.25, 0.3) is 10.8 Å². The number of rotatable bonds is 4. The second-order valence-corrected chi connectivity index (χ2v) is 7.02. The Bertz CT molecular complexity index is 1090. The Labute approximate surface area is 167 Å². The van der Waals surface area contributed by atoms with Crippen LogP contribution in [0.4, 0.5) is 5.69 Å². The van der Waals surface area contributed by atoms with Gasteiger partial charge < -0.3 is 19.5 Å². The predicted molar refractivity (Wildman–Crippen MR) is 108 cm³/mol. The summed E-state index contributed by atoms with van der Waals surface area (Å²) in [4.78, 5) is 23.9. The summed E-state index contributed by atoms with van der Waals surface area (Å²) in [5.74, 6) is -1.31. The lowest BCUT2D eigenvalue weighted by Gasteiger charge is -2.29. The van der Waals surface area contributed by atoms with Gasteiger partial charge in [0.1, 0.15) is 11.5 Å². The molecule has 0 radical (unpaired) electrons. The molecule has 6 nitrogen and oxygen atoms in total. The summed E-state index contributed by atoms with van der Waals surface area (Å²) in [6.07, 6.45) is 1.28. The zero-order chi connectivity index (χ0) is 20.4. The van der Waals surface area contributed by atoms with Gasteiger partial charge in [-0.3, -0.25) is 0 Å². The van der Waals surface area contributed by atoms with Crippen molar-refractivity contribution in [3.63, 3.8) is 0 Å². The summed E-state index contributed by atoms with van der Waals surface area (Å²) < 4.78 is 16.0. The Hall–Kier alpha value is -3.80. The third-order valence-corrected chi connectivity index (χ3v) is 4.31. The van der Waals surface area contributed by atoms with E-state index < -0.39 is 17.7 Å². The maximum Gasteiger partial charge on any atom is 0.350 e. The molecule has 0 bridgehead atoms. The van der Waals surface area contributed by atoms with Gasteiger partial charge in [0.2, 0.25) is 0 Å². The molecule has 1 fully saturated rings. The molecule has 6 heteroatoms. The van der Waals surface area contributed by atoms with Gasteiger partial charge in [-0.15, -0.1) is 0 Å². The van der Waals surface area contributed by atoms with Gasteiger partial charge in [0.25, 0.3) is 5.79 Å². The number of nitrogens with one attached hydrogen (secondary N) is 1. The number of carbonyl (C=O) groups is 2. The van der Waals surface area contributed by atoms with E-state index in [1.807, 2.05) is 42.5 Å². The Kier molecular flexibility index (Phi) is 4.68. The number of hydrogen-bond donors (Lipinski definition) is 1. The van der Waals surface area contributed by atoms with Crippen molar-refractivity contribution in [2.75, 3.05) is 5.32 Å². The van der Waals surface area contributed by atoms with Crippen LogP contribution in [0.5, 0.6) is 11.5 Å². The Balaban J connectivity index is 1.44. The number of esters is 2. The maximum absolute atomic E-state index is 11.9. The average molecular weight is 389 g/mol. The summed E-state index contributed by atoms with van der Waals surface area (Å²) in [5.41, 5.74) is 0.481. The van der Waals surface area contributed by atoms with Gasteiger partial charge in [0.05, 0.1) is 0 Å². The van der Waals surface area contributed by atoms with Crippen LogP contribution in [-0.4, -0.2) is 17.7 Å². The summed E-state index contributed by atoms with van der Waals surface area (Å²) in [5, 5.41) is 5.15. The van der Waals surface area contributed by atoms with Gasteiger partial charge in [-0.1, -0.05) is 30.3 Å². The van der Waals surface area contributed by atoms with E-state index in [1.54, 1.807) is 24.3 Å². The first-order chi connectivity index (χ1) is 13.9. The smallest absolute Gasteiger partial charge is 0.350 e. The maximum atomic E-state index is 11.9. The standard InChI is InChI=1S/C23H19NO5/c1-23(2)28-21(25)20(22(26)29-23)14-24-17-8-11-18(12-9-17)27-19-10-7-15-5-3-4-6-16(15)13-19/h3-14,24H,1-2H3. The summed E-state index contributed by atoms with van der Waals surface area (Å²) in [6, 6.07) is 21.1. The molecule has 0 spiro atoms. The van der Waals surface area contributed by atoms with Crippen LogP contribution in [0.1, 0.15) is 13.8 Å². The zero-order valence-electron chi connectivity index (χ0n) is 16.0. The molecule has 4 rings (SSSR count). The predicted octanol–water partition coefficient (Wildman–Crippen LogP) is 4.76. The zero-order valence-corrected chi connectivity index (χ0v) is 16.0. The van der Waals surface area contributed by atoms with Crippen LogP contribution in [0.3, 0.4) is 0 Å². The van der Waals surface area contributed by atoms with Crippen LogP contribution < -0.4 is 10.1 Å². The lowest BCUT2D eigenvalue weighted by molar-refractivity contribution is -0.222. The number of cyclic esters (lactones) is 2. The molecule has 1 heterocycles.